The molecule has 0 aliphatic heterocycles. The zero-order valence-electron chi connectivity index (χ0n) is 17.2. The summed E-state index contributed by atoms with van der Waals surface area (Å²) >= 11 is 0. The second-order valence-corrected chi connectivity index (χ2v) is 6.53. The maximum Gasteiger partial charge on any atom is 0.249 e. The Hall–Kier alpha value is -3.35. The highest BCUT2D eigenvalue weighted by molar-refractivity contribution is 5.59. The van der Waals surface area contributed by atoms with Crippen LogP contribution in [0.3, 0.4) is 0 Å². The topological polar surface area (TPSA) is 75.2 Å². The largest absolute Gasteiger partial charge is 0.497 e. The molecule has 152 valence electrons. The van der Waals surface area contributed by atoms with Crippen LogP contribution >= 0.6 is 0 Å². The molecule has 0 aliphatic carbocycles. The maximum atomic E-state index is 5.18. The van der Waals surface area contributed by atoms with Crippen molar-refractivity contribution in [3.05, 3.63) is 60.3 Å². The van der Waals surface area contributed by atoms with Gasteiger partial charge in [0.2, 0.25) is 5.95 Å². The van der Waals surface area contributed by atoms with Crippen LogP contribution in [0.25, 0.3) is 0 Å². The molecule has 0 aliphatic rings. The lowest BCUT2D eigenvalue weighted by atomic mass is 10.1. The number of hydrogen-bond donors (Lipinski definition) is 2. The minimum atomic E-state index is 0.468. The van der Waals surface area contributed by atoms with Gasteiger partial charge in [0.1, 0.15) is 5.75 Å². The summed E-state index contributed by atoms with van der Waals surface area (Å²) in [5.74, 6) is 2.02. The molecule has 7 nitrogen and oxygen atoms in total. The summed E-state index contributed by atoms with van der Waals surface area (Å²) in [7, 11) is 1.67. The van der Waals surface area contributed by atoms with Gasteiger partial charge in [0.15, 0.2) is 5.82 Å². The fourth-order valence-electron chi connectivity index (χ4n) is 3.04. The molecule has 2 N–H and O–H groups in total. The molecule has 0 amide bonds. The van der Waals surface area contributed by atoms with Crippen LogP contribution in [0.5, 0.6) is 5.75 Å². The zero-order chi connectivity index (χ0) is 20.5. The average Bonchev–Trinajstić information content (AvgIpc) is 2.76. The Bertz CT molecular complexity index is 879. The second kappa shape index (κ2) is 10.3. The number of rotatable bonds is 10. The van der Waals surface area contributed by atoms with Crippen molar-refractivity contribution < 1.29 is 4.74 Å². The van der Waals surface area contributed by atoms with E-state index in [1.165, 1.54) is 11.3 Å². The molecule has 0 spiro atoms. The number of methoxy groups -OCH3 is 1. The third-order valence-corrected chi connectivity index (χ3v) is 4.69. The number of nitrogens with zero attached hydrogens (tertiary/aromatic N) is 4. The number of benzene rings is 2. The second-order valence-electron chi connectivity index (χ2n) is 6.53. The first-order chi connectivity index (χ1) is 14.2. The van der Waals surface area contributed by atoms with Crippen molar-refractivity contribution in [3.63, 3.8) is 0 Å². The SMILES string of the molecule is CCN(CC)c1ccc(Nc2nncc(NCCc3ccc(OC)cc3)n2)cc1. The fraction of sp³-hybridized carbons (Fsp3) is 0.318. The molecular formula is C22H28N6O. The zero-order valence-corrected chi connectivity index (χ0v) is 17.2. The molecule has 3 rings (SSSR count). The van der Waals surface area contributed by atoms with E-state index in [2.05, 4.69) is 68.8 Å². The van der Waals surface area contributed by atoms with Crippen molar-refractivity contribution in [3.8, 4) is 5.75 Å². The molecule has 1 heterocycles. The maximum absolute atomic E-state index is 5.18. The van der Waals surface area contributed by atoms with Crippen LogP contribution in [0.4, 0.5) is 23.1 Å². The first-order valence-electron chi connectivity index (χ1n) is 9.90. The highest BCUT2D eigenvalue weighted by Gasteiger charge is 2.04. The lowest BCUT2D eigenvalue weighted by Crippen LogP contribution is -2.21. The Morgan fingerprint density at radius 1 is 0.966 bits per heavy atom. The number of nitrogens with one attached hydrogen (secondary N) is 2. The average molecular weight is 393 g/mol. The van der Waals surface area contributed by atoms with Gasteiger partial charge in [0.05, 0.1) is 13.3 Å². The van der Waals surface area contributed by atoms with Gasteiger partial charge in [0, 0.05) is 31.0 Å². The van der Waals surface area contributed by atoms with Crippen molar-refractivity contribution in [1.29, 1.82) is 0 Å². The van der Waals surface area contributed by atoms with E-state index >= 15 is 0 Å². The molecule has 0 unspecified atom stereocenters. The van der Waals surface area contributed by atoms with Crippen LogP contribution in [-0.4, -0.2) is 41.9 Å². The van der Waals surface area contributed by atoms with Gasteiger partial charge in [-0.25, -0.2) is 0 Å². The van der Waals surface area contributed by atoms with Crippen molar-refractivity contribution in [1.82, 2.24) is 15.2 Å². The lowest BCUT2D eigenvalue weighted by molar-refractivity contribution is 0.414. The van der Waals surface area contributed by atoms with Crippen LogP contribution in [0, 0.1) is 0 Å². The van der Waals surface area contributed by atoms with Crippen molar-refractivity contribution in [2.24, 2.45) is 0 Å². The Balaban J connectivity index is 1.54. The number of anilines is 4. The molecule has 7 heteroatoms. The van der Waals surface area contributed by atoms with E-state index < -0.39 is 0 Å². The van der Waals surface area contributed by atoms with Crippen LogP contribution < -0.4 is 20.3 Å². The quantitative estimate of drug-likeness (QED) is 0.537. The van der Waals surface area contributed by atoms with Gasteiger partial charge in [-0.15, -0.1) is 5.10 Å². The summed E-state index contributed by atoms with van der Waals surface area (Å²) in [5, 5.41) is 14.6. The third kappa shape index (κ3) is 5.81. The molecular weight excluding hydrogens is 364 g/mol. The van der Waals surface area contributed by atoms with Gasteiger partial charge in [-0.2, -0.15) is 10.1 Å². The van der Waals surface area contributed by atoms with Crippen molar-refractivity contribution in [2.45, 2.75) is 20.3 Å². The summed E-state index contributed by atoms with van der Waals surface area (Å²) in [6.07, 6.45) is 2.51. The minimum absolute atomic E-state index is 0.468. The molecule has 0 atom stereocenters. The van der Waals surface area contributed by atoms with Crippen LogP contribution in [0.1, 0.15) is 19.4 Å². The Labute approximate surface area is 172 Å². The first-order valence-corrected chi connectivity index (χ1v) is 9.90. The van der Waals surface area contributed by atoms with E-state index in [0.717, 1.165) is 37.5 Å². The molecule has 29 heavy (non-hydrogen) atoms. The van der Waals surface area contributed by atoms with Gasteiger partial charge in [-0.3, -0.25) is 0 Å². The van der Waals surface area contributed by atoms with Gasteiger partial charge >= 0.3 is 0 Å². The number of aromatic nitrogens is 3. The van der Waals surface area contributed by atoms with Crippen molar-refractivity contribution in [2.75, 3.05) is 42.3 Å². The Morgan fingerprint density at radius 2 is 1.69 bits per heavy atom. The smallest absolute Gasteiger partial charge is 0.249 e. The Morgan fingerprint density at radius 3 is 2.34 bits per heavy atom. The molecule has 0 radical (unpaired) electrons. The predicted molar refractivity (Wildman–Crippen MR) is 118 cm³/mol. The molecule has 1 aromatic heterocycles. The van der Waals surface area contributed by atoms with Gasteiger partial charge in [-0.1, -0.05) is 12.1 Å². The predicted octanol–water partition coefficient (Wildman–Crippen LogP) is 4.12. The summed E-state index contributed by atoms with van der Waals surface area (Å²) in [6, 6.07) is 16.3. The van der Waals surface area contributed by atoms with Gasteiger partial charge in [-0.05, 0) is 62.2 Å². The normalized spacial score (nSPS) is 10.4. The van der Waals surface area contributed by atoms with E-state index in [9.17, 15) is 0 Å². The number of ether oxygens (including phenoxy) is 1. The monoisotopic (exact) mass is 392 g/mol. The molecule has 2 aromatic carbocycles. The lowest BCUT2D eigenvalue weighted by Gasteiger charge is -2.21. The minimum Gasteiger partial charge on any atom is -0.497 e. The third-order valence-electron chi connectivity index (χ3n) is 4.69. The highest BCUT2D eigenvalue weighted by Crippen LogP contribution is 2.20. The fourth-order valence-corrected chi connectivity index (χ4v) is 3.04. The van der Waals surface area contributed by atoms with E-state index in [4.69, 9.17) is 4.74 Å². The van der Waals surface area contributed by atoms with E-state index in [1.54, 1.807) is 13.3 Å². The van der Waals surface area contributed by atoms with E-state index in [1.807, 2.05) is 24.3 Å². The summed E-state index contributed by atoms with van der Waals surface area (Å²) in [6.45, 7) is 7.04. The summed E-state index contributed by atoms with van der Waals surface area (Å²) in [4.78, 5) is 6.79. The standard InChI is InChI=1S/C22H28N6O/c1-4-28(5-2)19-10-8-18(9-11-19)25-22-26-21(16-24-27-22)23-15-14-17-6-12-20(29-3)13-7-17/h6-13,16H,4-5,14-15H2,1-3H3,(H2,23,25,26,27). The van der Waals surface area contributed by atoms with Gasteiger partial charge < -0.3 is 20.3 Å². The summed E-state index contributed by atoms with van der Waals surface area (Å²) < 4.78 is 5.18. The first kappa shape index (κ1) is 20.4. The summed E-state index contributed by atoms with van der Waals surface area (Å²) in [5.41, 5.74) is 3.36. The molecule has 0 fully saturated rings. The molecule has 0 saturated carbocycles. The molecule has 0 saturated heterocycles. The molecule has 0 bridgehead atoms. The Kier molecular flexibility index (Phi) is 7.22. The van der Waals surface area contributed by atoms with Crippen molar-refractivity contribution >= 4 is 23.1 Å². The number of hydrogen-bond acceptors (Lipinski definition) is 7. The van der Waals surface area contributed by atoms with E-state index in [-0.39, 0.29) is 0 Å². The highest BCUT2D eigenvalue weighted by atomic mass is 16.5. The molecule has 3 aromatic rings. The van der Waals surface area contributed by atoms with Gasteiger partial charge in [0.25, 0.3) is 0 Å². The van der Waals surface area contributed by atoms with Crippen LogP contribution in [-0.2, 0) is 6.42 Å². The van der Waals surface area contributed by atoms with E-state index in [0.29, 0.717) is 11.8 Å². The van der Waals surface area contributed by atoms with Crippen LogP contribution in [0.2, 0.25) is 0 Å². The van der Waals surface area contributed by atoms with Crippen LogP contribution in [0.15, 0.2) is 54.7 Å².